The minimum Gasteiger partial charge on any atom is -0.323 e. The number of benzene rings is 1. The van der Waals surface area contributed by atoms with Crippen LogP contribution in [0.15, 0.2) is 18.2 Å². The van der Waals surface area contributed by atoms with Crippen molar-refractivity contribution in [1.82, 2.24) is 9.88 Å². The molecule has 1 aliphatic carbocycles. The van der Waals surface area contributed by atoms with Crippen LogP contribution in [0, 0.1) is 11.6 Å². The van der Waals surface area contributed by atoms with Gasteiger partial charge in [0.15, 0.2) is 16.8 Å². The summed E-state index contributed by atoms with van der Waals surface area (Å²) in [6, 6.07) is 3.32. The van der Waals surface area contributed by atoms with Crippen LogP contribution < -0.4 is 5.32 Å². The van der Waals surface area contributed by atoms with Crippen LogP contribution in [-0.2, 0) is 19.4 Å². The predicted molar refractivity (Wildman–Crippen MR) is 90.2 cm³/mol. The van der Waals surface area contributed by atoms with Gasteiger partial charge in [0.1, 0.15) is 0 Å². The topological polar surface area (TPSA) is 45.2 Å². The summed E-state index contributed by atoms with van der Waals surface area (Å²) >= 11 is 1.53. The molecule has 1 heterocycles. The van der Waals surface area contributed by atoms with E-state index in [1.54, 1.807) is 7.05 Å². The second kappa shape index (κ2) is 7.25. The lowest BCUT2D eigenvalue weighted by Crippen LogP contribution is -2.30. The van der Waals surface area contributed by atoms with E-state index in [0.717, 1.165) is 37.1 Å². The van der Waals surface area contributed by atoms with E-state index in [4.69, 9.17) is 0 Å². The summed E-state index contributed by atoms with van der Waals surface area (Å²) in [6.45, 7) is 0.189. The summed E-state index contributed by atoms with van der Waals surface area (Å²) in [7, 11) is 1.61. The Kier molecular flexibility index (Phi) is 5.08. The van der Waals surface area contributed by atoms with Gasteiger partial charge in [-0.1, -0.05) is 12.5 Å². The summed E-state index contributed by atoms with van der Waals surface area (Å²) < 4.78 is 26.2. The molecule has 0 fully saturated rings. The number of hydrogen-bond acceptors (Lipinski definition) is 3. The highest BCUT2D eigenvalue weighted by Crippen LogP contribution is 2.29. The molecule has 0 saturated heterocycles. The Labute approximate surface area is 143 Å². The number of nitrogens with one attached hydrogen (secondary N) is 1. The molecule has 7 heteroatoms. The third-order valence-electron chi connectivity index (χ3n) is 4.06. The Bertz CT molecular complexity index is 724. The van der Waals surface area contributed by atoms with E-state index < -0.39 is 11.6 Å². The second-order valence-electron chi connectivity index (χ2n) is 5.98. The Morgan fingerprint density at radius 1 is 1.25 bits per heavy atom. The molecule has 2 aromatic rings. The number of halogens is 2. The SMILES string of the molecule is CN(Cc1ccc(F)c(F)c1)C(=O)Nc1nc2c(s1)CCCCC2. The molecule has 4 nitrogen and oxygen atoms in total. The van der Waals surface area contributed by atoms with Crippen molar-refractivity contribution in [3.05, 3.63) is 46.0 Å². The maximum Gasteiger partial charge on any atom is 0.323 e. The summed E-state index contributed by atoms with van der Waals surface area (Å²) in [5, 5.41) is 3.39. The van der Waals surface area contributed by atoms with Crippen LogP contribution in [0.25, 0.3) is 0 Å². The average molecular weight is 351 g/mol. The highest BCUT2D eigenvalue weighted by atomic mass is 32.1. The molecule has 128 valence electrons. The van der Waals surface area contributed by atoms with Gasteiger partial charge in [0, 0.05) is 18.5 Å². The van der Waals surface area contributed by atoms with E-state index in [-0.39, 0.29) is 12.6 Å². The maximum atomic E-state index is 13.2. The molecule has 1 aliphatic rings. The molecular weight excluding hydrogens is 332 g/mol. The van der Waals surface area contributed by atoms with Gasteiger partial charge in [0.05, 0.1) is 5.69 Å². The molecule has 0 aliphatic heterocycles. The van der Waals surface area contributed by atoms with Gasteiger partial charge in [-0.2, -0.15) is 0 Å². The van der Waals surface area contributed by atoms with Gasteiger partial charge < -0.3 is 4.90 Å². The molecule has 2 amide bonds. The predicted octanol–water partition coefficient (Wildman–Crippen LogP) is 4.35. The number of aromatic nitrogens is 1. The maximum absolute atomic E-state index is 13.2. The van der Waals surface area contributed by atoms with Gasteiger partial charge in [0.2, 0.25) is 0 Å². The Hall–Kier alpha value is -2.02. The fourth-order valence-electron chi connectivity index (χ4n) is 2.75. The average Bonchev–Trinajstić information content (AvgIpc) is 2.79. The zero-order valence-corrected chi connectivity index (χ0v) is 14.3. The molecular formula is C17H19F2N3OS. The Morgan fingerprint density at radius 2 is 2.04 bits per heavy atom. The van der Waals surface area contributed by atoms with E-state index in [2.05, 4.69) is 10.3 Å². The number of anilines is 1. The number of urea groups is 1. The number of fused-ring (bicyclic) bond motifs is 1. The summed E-state index contributed by atoms with van der Waals surface area (Å²) in [5.74, 6) is -1.81. The normalized spacial score (nSPS) is 14.0. The van der Waals surface area contributed by atoms with E-state index >= 15 is 0 Å². The van der Waals surface area contributed by atoms with Crippen molar-refractivity contribution in [2.45, 2.75) is 38.6 Å². The lowest BCUT2D eigenvalue weighted by molar-refractivity contribution is 0.220. The minimum absolute atomic E-state index is 0.189. The van der Waals surface area contributed by atoms with E-state index in [1.165, 1.54) is 40.0 Å². The standard InChI is InChI=1S/C17H19F2N3OS/c1-22(10-11-7-8-12(18)13(19)9-11)17(23)21-16-20-14-5-3-2-4-6-15(14)24-16/h7-9H,2-6,10H2,1H3,(H,20,21,23). The van der Waals surface area contributed by atoms with Crippen molar-refractivity contribution >= 4 is 22.5 Å². The van der Waals surface area contributed by atoms with Gasteiger partial charge in [-0.15, -0.1) is 11.3 Å². The molecule has 0 atom stereocenters. The third-order valence-corrected chi connectivity index (χ3v) is 5.13. The van der Waals surface area contributed by atoms with E-state index in [9.17, 15) is 13.6 Å². The smallest absolute Gasteiger partial charge is 0.323 e. The molecule has 1 aromatic heterocycles. The van der Waals surface area contributed by atoms with Crippen LogP contribution in [0.3, 0.4) is 0 Å². The number of hydrogen-bond donors (Lipinski definition) is 1. The van der Waals surface area contributed by atoms with Crippen LogP contribution in [-0.4, -0.2) is 23.0 Å². The zero-order valence-electron chi connectivity index (χ0n) is 13.4. The quantitative estimate of drug-likeness (QED) is 0.836. The molecule has 3 rings (SSSR count). The van der Waals surface area contributed by atoms with Crippen LogP contribution in [0.5, 0.6) is 0 Å². The largest absolute Gasteiger partial charge is 0.323 e. The van der Waals surface area contributed by atoms with Crippen LogP contribution in [0.2, 0.25) is 0 Å². The van der Waals surface area contributed by atoms with E-state index in [0.29, 0.717) is 10.7 Å². The van der Waals surface area contributed by atoms with Crippen molar-refractivity contribution in [2.75, 3.05) is 12.4 Å². The van der Waals surface area contributed by atoms with Crippen molar-refractivity contribution < 1.29 is 13.6 Å². The summed E-state index contributed by atoms with van der Waals surface area (Å²) in [5.41, 5.74) is 1.62. The van der Waals surface area contributed by atoms with Crippen LogP contribution in [0.4, 0.5) is 18.7 Å². The first kappa shape index (κ1) is 16.8. The fourth-order valence-corrected chi connectivity index (χ4v) is 3.79. The molecule has 0 unspecified atom stereocenters. The van der Waals surface area contributed by atoms with Crippen molar-refractivity contribution in [2.24, 2.45) is 0 Å². The number of nitrogens with zero attached hydrogens (tertiary/aromatic N) is 2. The number of carbonyl (C=O) groups is 1. The van der Waals surface area contributed by atoms with Gasteiger partial charge in [-0.05, 0) is 43.4 Å². The van der Waals surface area contributed by atoms with Crippen LogP contribution >= 0.6 is 11.3 Å². The molecule has 0 radical (unpaired) electrons. The first-order valence-corrected chi connectivity index (χ1v) is 8.79. The lowest BCUT2D eigenvalue weighted by Gasteiger charge is -2.17. The molecule has 0 spiro atoms. The Morgan fingerprint density at radius 3 is 2.83 bits per heavy atom. The number of aryl methyl sites for hydroxylation is 2. The Balaban J connectivity index is 1.62. The number of amides is 2. The summed E-state index contributed by atoms with van der Waals surface area (Å²) in [6.07, 6.45) is 5.51. The van der Waals surface area contributed by atoms with Crippen molar-refractivity contribution in [1.29, 1.82) is 0 Å². The molecule has 0 saturated carbocycles. The molecule has 1 aromatic carbocycles. The third kappa shape index (κ3) is 3.90. The second-order valence-corrected chi connectivity index (χ2v) is 7.07. The summed E-state index contributed by atoms with van der Waals surface area (Å²) in [4.78, 5) is 19.5. The molecule has 24 heavy (non-hydrogen) atoms. The first-order valence-electron chi connectivity index (χ1n) is 7.97. The van der Waals surface area contributed by atoms with Gasteiger partial charge >= 0.3 is 6.03 Å². The van der Waals surface area contributed by atoms with E-state index in [1.807, 2.05) is 0 Å². The zero-order chi connectivity index (χ0) is 17.1. The van der Waals surface area contributed by atoms with Crippen LogP contribution in [0.1, 0.15) is 35.4 Å². The number of carbonyl (C=O) groups excluding carboxylic acids is 1. The highest BCUT2D eigenvalue weighted by Gasteiger charge is 2.17. The van der Waals surface area contributed by atoms with Gasteiger partial charge in [0.25, 0.3) is 0 Å². The molecule has 1 N–H and O–H groups in total. The molecule has 0 bridgehead atoms. The monoisotopic (exact) mass is 351 g/mol. The van der Waals surface area contributed by atoms with Gasteiger partial charge in [-0.3, -0.25) is 5.32 Å². The van der Waals surface area contributed by atoms with Gasteiger partial charge in [-0.25, -0.2) is 18.6 Å². The van der Waals surface area contributed by atoms with Crippen molar-refractivity contribution in [3.63, 3.8) is 0 Å². The fraction of sp³-hybridized carbons (Fsp3) is 0.412. The van der Waals surface area contributed by atoms with Crippen molar-refractivity contribution in [3.8, 4) is 0 Å². The first-order chi connectivity index (χ1) is 11.5. The highest BCUT2D eigenvalue weighted by molar-refractivity contribution is 7.15. The number of rotatable bonds is 3. The lowest BCUT2D eigenvalue weighted by atomic mass is 10.2. The number of thiazole rings is 1. The minimum atomic E-state index is -0.912.